The van der Waals surface area contributed by atoms with Gasteiger partial charge in [0.25, 0.3) is 0 Å². The van der Waals surface area contributed by atoms with E-state index in [0.717, 1.165) is 60.9 Å². The third kappa shape index (κ3) is 5.56. The largest absolute Gasteiger partial charge is 0.455 e. The predicted octanol–water partition coefficient (Wildman–Crippen LogP) is 14.1. The molecule has 0 saturated heterocycles. The van der Waals surface area contributed by atoms with E-state index in [9.17, 15) is 0 Å². The van der Waals surface area contributed by atoms with Crippen LogP contribution in [0.1, 0.15) is 0 Å². The van der Waals surface area contributed by atoms with Gasteiger partial charge in [0.05, 0.1) is 0 Å². The van der Waals surface area contributed by atoms with E-state index in [2.05, 4.69) is 127 Å². The van der Waals surface area contributed by atoms with Gasteiger partial charge in [0.2, 0.25) is 0 Å². The van der Waals surface area contributed by atoms with Gasteiger partial charge >= 0.3 is 0 Å². The number of benzene rings is 8. The Bertz CT molecular complexity index is 3180. The highest BCUT2D eigenvalue weighted by Crippen LogP contribution is 2.41. The summed E-state index contributed by atoms with van der Waals surface area (Å²) >= 11 is 1.85. The number of para-hydroxylation sites is 2. The molecular formula is C51H31N3OS. The Morgan fingerprint density at radius 3 is 1.46 bits per heavy atom. The van der Waals surface area contributed by atoms with E-state index in [1.807, 2.05) is 72.0 Å². The standard InChI is InChI=1S/C51H31N3OS/c1-3-12-34(13-4-1)49-52-50(35-14-5-2-6-15-35)54-51(53-49)38-17-9-16-37(30-38)40-20-11-22-44-43-21-10-19-39(47(43)55-48(40)44)33-26-24-32(25-27-33)36-28-29-42-41-18-7-8-23-45(41)56-46(42)31-36/h1-31H. The smallest absolute Gasteiger partial charge is 0.164 e. The Morgan fingerprint density at radius 1 is 0.304 bits per heavy atom. The van der Waals surface area contributed by atoms with E-state index >= 15 is 0 Å². The number of thiophene rings is 1. The van der Waals surface area contributed by atoms with Crippen LogP contribution in [-0.4, -0.2) is 15.0 Å². The normalized spacial score (nSPS) is 11.6. The van der Waals surface area contributed by atoms with Gasteiger partial charge in [-0.1, -0.05) is 170 Å². The van der Waals surface area contributed by atoms with Gasteiger partial charge in [-0.05, 0) is 40.5 Å². The molecule has 0 N–H and O–H groups in total. The van der Waals surface area contributed by atoms with Gasteiger partial charge in [0.1, 0.15) is 11.2 Å². The maximum absolute atomic E-state index is 6.88. The van der Waals surface area contributed by atoms with E-state index in [4.69, 9.17) is 19.4 Å². The molecule has 262 valence electrons. The summed E-state index contributed by atoms with van der Waals surface area (Å²) in [5.41, 5.74) is 11.1. The maximum Gasteiger partial charge on any atom is 0.164 e. The Balaban J connectivity index is 0.974. The number of nitrogens with zero attached hydrogens (tertiary/aromatic N) is 3. The average Bonchev–Trinajstić information content (AvgIpc) is 3.85. The van der Waals surface area contributed by atoms with Crippen molar-refractivity contribution in [1.29, 1.82) is 0 Å². The zero-order valence-corrected chi connectivity index (χ0v) is 30.9. The molecule has 5 heteroatoms. The van der Waals surface area contributed by atoms with Crippen LogP contribution in [0, 0.1) is 0 Å². The number of rotatable bonds is 6. The fourth-order valence-corrected chi connectivity index (χ4v) is 8.93. The van der Waals surface area contributed by atoms with Gasteiger partial charge in [-0.3, -0.25) is 0 Å². The van der Waals surface area contributed by atoms with Gasteiger partial charge in [-0.15, -0.1) is 11.3 Å². The SMILES string of the molecule is c1ccc(-c2nc(-c3ccccc3)nc(-c3cccc(-c4cccc5c4oc4c(-c6ccc(-c7ccc8c(c7)sc7ccccc78)cc6)cccc45)c3)n2)cc1. The lowest BCUT2D eigenvalue weighted by Gasteiger charge is -2.10. The molecule has 0 unspecified atom stereocenters. The van der Waals surface area contributed by atoms with E-state index in [0.29, 0.717) is 17.5 Å². The van der Waals surface area contributed by atoms with Crippen molar-refractivity contribution >= 4 is 53.4 Å². The molecule has 0 atom stereocenters. The van der Waals surface area contributed by atoms with Crippen molar-refractivity contribution < 1.29 is 4.42 Å². The van der Waals surface area contributed by atoms with Crippen molar-refractivity contribution in [2.75, 3.05) is 0 Å². The first kappa shape index (κ1) is 32.2. The molecule has 0 bridgehead atoms. The fraction of sp³-hybridized carbons (Fsp3) is 0. The van der Waals surface area contributed by atoms with Crippen molar-refractivity contribution in [2.45, 2.75) is 0 Å². The van der Waals surface area contributed by atoms with Crippen LogP contribution < -0.4 is 0 Å². The molecule has 3 aromatic heterocycles. The van der Waals surface area contributed by atoms with E-state index in [1.165, 1.54) is 31.3 Å². The van der Waals surface area contributed by atoms with Crippen LogP contribution in [0.15, 0.2) is 192 Å². The molecule has 56 heavy (non-hydrogen) atoms. The minimum Gasteiger partial charge on any atom is -0.455 e. The molecular weight excluding hydrogens is 703 g/mol. The van der Waals surface area contributed by atoms with Crippen LogP contribution in [0.5, 0.6) is 0 Å². The Labute approximate surface area is 327 Å². The van der Waals surface area contributed by atoms with Crippen LogP contribution in [0.2, 0.25) is 0 Å². The molecule has 0 aliphatic carbocycles. The quantitative estimate of drug-likeness (QED) is 0.171. The molecule has 11 aromatic rings. The molecule has 0 fully saturated rings. The predicted molar refractivity (Wildman–Crippen MR) is 233 cm³/mol. The second-order valence-electron chi connectivity index (χ2n) is 14.0. The summed E-state index contributed by atoms with van der Waals surface area (Å²) in [6.07, 6.45) is 0. The Hall–Kier alpha value is -7.21. The lowest BCUT2D eigenvalue weighted by Crippen LogP contribution is -2.00. The first-order valence-corrected chi connectivity index (χ1v) is 19.5. The van der Waals surface area contributed by atoms with Gasteiger partial charge in [0.15, 0.2) is 17.5 Å². The summed E-state index contributed by atoms with van der Waals surface area (Å²) < 4.78 is 9.51. The highest BCUT2D eigenvalue weighted by atomic mass is 32.1. The molecule has 0 spiro atoms. The van der Waals surface area contributed by atoms with Crippen LogP contribution in [0.3, 0.4) is 0 Å². The lowest BCUT2D eigenvalue weighted by molar-refractivity contribution is 0.671. The summed E-state index contributed by atoms with van der Waals surface area (Å²) in [5, 5.41) is 4.80. The second-order valence-corrected chi connectivity index (χ2v) is 15.1. The lowest BCUT2D eigenvalue weighted by atomic mass is 9.97. The topological polar surface area (TPSA) is 51.8 Å². The number of hydrogen-bond donors (Lipinski definition) is 0. The molecule has 0 radical (unpaired) electrons. The van der Waals surface area contributed by atoms with E-state index in [-0.39, 0.29) is 0 Å². The highest BCUT2D eigenvalue weighted by Gasteiger charge is 2.18. The summed E-state index contributed by atoms with van der Waals surface area (Å²) in [6.45, 7) is 0. The molecule has 11 rings (SSSR count). The summed E-state index contributed by atoms with van der Waals surface area (Å²) in [4.78, 5) is 14.8. The van der Waals surface area contributed by atoms with Gasteiger partial charge in [-0.25, -0.2) is 15.0 Å². The molecule has 4 nitrogen and oxygen atoms in total. The van der Waals surface area contributed by atoms with Crippen molar-refractivity contribution in [3.63, 3.8) is 0 Å². The van der Waals surface area contributed by atoms with Crippen LogP contribution >= 0.6 is 11.3 Å². The summed E-state index contributed by atoms with van der Waals surface area (Å²) in [5.74, 6) is 1.89. The van der Waals surface area contributed by atoms with Crippen molar-refractivity contribution in [3.05, 3.63) is 188 Å². The highest BCUT2D eigenvalue weighted by molar-refractivity contribution is 7.25. The van der Waals surface area contributed by atoms with E-state index < -0.39 is 0 Å². The monoisotopic (exact) mass is 733 g/mol. The second kappa shape index (κ2) is 13.3. The molecule has 0 saturated carbocycles. The molecule has 0 aliphatic rings. The van der Waals surface area contributed by atoms with Crippen LogP contribution in [0.4, 0.5) is 0 Å². The molecule has 3 heterocycles. The summed E-state index contributed by atoms with van der Waals surface area (Å²) in [7, 11) is 0. The van der Waals surface area contributed by atoms with E-state index in [1.54, 1.807) is 0 Å². The van der Waals surface area contributed by atoms with Gasteiger partial charge in [0, 0.05) is 58.8 Å². The maximum atomic E-state index is 6.88. The van der Waals surface area contributed by atoms with Crippen molar-refractivity contribution in [3.8, 4) is 67.5 Å². The third-order valence-electron chi connectivity index (χ3n) is 10.6. The zero-order chi connectivity index (χ0) is 37.0. The molecule has 8 aromatic carbocycles. The number of fused-ring (bicyclic) bond motifs is 6. The van der Waals surface area contributed by atoms with Gasteiger partial charge in [-0.2, -0.15) is 0 Å². The molecule has 0 aliphatic heterocycles. The fourth-order valence-electron chi connectivity index (χ4n) is 7.79. The minimum absolute atomic E-state index is 0.616. The van der Waals surface area contributed by atoms with Crippen LogP contribution in [-0.2, 0) is 0 Å². The third-order valence-corrected chi connectivity index (χ3v) is 11.7. The van der Waals surface area contributed by atoms with Crippen LogP contribution in [0.25, 0.3) is 110 Å². The summed E-state index contributed by atoms with van der Waals surface area (Å²) in [6, 6.07) is 65.6. The Kier molecular flexibility index (Phi) is 7.64. The number of hydrogen-bond acceptors (Lipinski definition) is 5. The first-order valence-electron chi connectivity index (χ1n) is 18.7. The molecule has 0 amide bonds. The average molecular weight is 734 g/mol. The van der Waals surface area contributed by atoms with Crippen molar-refractivity contribution in [1.82, 2.24) is 15.0 Å². The Morgan fingerprint density at radius 2 is 0.786 bits per heavy atom. The zero-order valence-electron chi connectivity index (χ0n) is 30.1. The first-order chi connectivity index (χ1) is 27.7. The number of aromatic nitrogens is 3. The number of furan rings is 1. The van der Waals surface area contributed by atoms with Gasteiger partial charge < -0.3 is 4.42 Å². The van der Waals surface area contributed by atoms with Crippen molar-refractivity contribution in [2.24, 2.45) is 0 Å². The minimum atomic E-state index is 0.616.